The number of fused-ring (bicyclic) bond motifs is 1. The smallest absolute Gasteiger partial charge is 0.279 e. The van der Waals surface area contributed by atoms with Crippen LogP contribution in [-0.2, 0) is 6.54 Å². The molecule has 1 aromatic heterocycles. The van der Waals surface area contributed by atoms with Gasteiger partial charge in [-0.15, -0.1) is 18.2 Å². The summed E-state index contributed by atoms with van der Waals surface area (Å²) in [6, 6.07) is 13.1. The first-order valence-corrected chi connectivity index (χ1v) is 10.1. The fourth-order valence-corrected chi connectivity index (χ4v) is 4.62. The quantitative estimate of drug-likeness (QED) is 0.443. The van der Waals surface area contributed by atoms with E-state index in [-0.39, 0.29) is 5.91 Å². The summed E-state index contributed by atoms with van der Waals surface area (Å²) in [5, 5.41) is 1.14. The first-order valence-electron chi connectivity index (χ1n) is 8.06. The summed E-state index contributed by atoms with van der Waals surface area (Å²) in [7, 11) is 0. The Morgan fingerprint density at radius 2 is 2.04 bits per heavy atom. The average molecular weight is 401 g/mol. The molecule has 6 heteroatoms. The zero-order valence-corrected chi connectivity index (χ0v) is 16.8. The summed E-state index contributed by atoms with van der Waals surface area (Å²) in [6.07, 6.45) is 5.49. The summed E-state index contributed by atoms with van der Waals surface area (Å²) >= 11 is 9.23. The maximum atomic E-state index is 12.6. The van der Waals surface area contributed by atoms with E-state index in [1.54, 1.807) is 17.8 Å². The molecule has 26 heavy (non-hydrogen) atoms. The second-order valence-electron chi connectivity index (χ2n) is 5.89. The standard InChI is InChI=1S/C20H17ClN2OS2/c1-4-11-23-17-10-7-15(21)12-18(17)26-20(23)22-19(24)14-5-8-16(9-6-14)25-13(2)3/h1,5-10,12-13H,11H2,2-3H3. The number of rotatable bonds is 4. The van der Waals surface area contributed by atoms with Crippen molar-refractivity contribution in [2.75, 3.05) is 0 Å². The van der Waals surface area contributed by atoms with Crippen molar-refractivity contribution in [2.24, 2.45) is 4.99 Å². The molecule has 0 spiro atoms. The van der Waals surface area contributed by atoms with Crippen LogP contribution in [0.3, 0.4) is 0 Å². The van der Waals surface area contributed by atoms with E-state index in [0.29, 0.717) is 27.2 Å². The Kier molecular flexibility index (Phi) is 5.87. The number of carbonyl (C=O) groups excluding carboxylic acids is 1. The van der Waals surface area contributed by atoms with Crippen LogP contribution in [0.2, 0.25) is 5.02 Å². The van der Waals surface area contributed by atoms with Crippen molar-refractivity contribution < 1.29 is 4.79 Å². The van der Waals surface area contributed by atoms with Gasteiger partial charge in [-0.2, -0.15) is 4.99 Å². The second-order valence-corrected chi connectivity index (χ2v) is 8.99. The minimum atomic E-state index is -0.283. The van der Waals surface area contributed by atoms with Crippen LogP contribution in [0, 0.1) is 12.3 Å². The van der Waals surface area contributed by atoms with Crippen molar-refractivity contribution >= 4 is 50.8 Å². The van der Waals surface area contributed by atoms with E-state index in [0.717, 1.165) is 15.1 Å². The molecule has 3 nitrogen and oxygen atoms in total. The molecule has 132 valence electrons. The van der Waals surface area contributed by atoms with E-state index in [9.17, 15) is 4.79 Å². The molecule has 0 bridgehead atoms. The predicted molar refractivity (Wildman–Crippen MR) is 111 cm³/mol. The number of hydrogen-bond donors (Lipinski definition) is 0. The summed E-state index contributed by atoms with van der Waals surface area (Å²) in [6.45, 7) is 4.62. The van der Waals surface area contributed by atoms with E-state index in [2.05, 4.69) is 24.8 Å². The Balaban J connectivity index is 1.99. The van der Waals surface area contributed by atoms with Gasteiger partial charge in [0.2, 0.25) is 0 Å². The van der Waals surface area contributed by atoms with Crippen LogP contribution in [0.1, 0.15) is 24.2 Å². The van der Waals surface area contributed by atoms with Gasteiger partial charge in [-0.25, -0.2) is 0 Å². The number of nitrogens with zero attached hydrogens (tertiary/aromatic N) is 2. The Hall–Kier alpha value is -2.00. The lowest BCUT2D eigenvalue weighted by Crippen LogP contribution is -2.16. The molecule has 3 rings (SSSR count). The highest BCUT2D eigenvalue weighted by Gasteiger charge is 2.10. The van der Waals surface area contributed by atoms with E-state index in [1.165, 1.54) is 11.3 Å². The van der Waals surface area contributed by atoms with Gasteiger partial charge in [0.1, 0.15) is 0 Å². The lowest BCUT2D eigenvalue weighted by Gasteiger charge is -2.04. The Bertz CT molecular complexity index is 1060. The van der Waals surface area contributed by atoms with Gasteiger partial charge in [0.25, 0.3) is 5.91 Å². The van der Waals surface area contributed by atoms with Crippen LogP contribution in [0.25, 0.3) is 10.2 Å². The third-order valence-corrected chi connectivity index (χ3v) is 5.86. The Morgan fingerprint density at radius 3 is 2.69 bits per heavy atom. The van der Waals surface area contributed by atoms with Crippen LogP contribution in [0.5, 0.6) is 0 Å². The number of thioether (sulfide) groups is 1. The number of terminal acetylenes is 1. The molecule has 1 amide bonds. The number of aromatic nitrogens is 1. The maximum Gasteiger partial charge on any atom is 0.279 e. The minimum Gasteiger partial charge on any atom is -0.305 e. The molecule has 3 aromatic rings. The zero-order chi connectivity index (χ0) is 18.7. The number of thiazole rings is 1. The minimum absolute atomic E-state index is 0.283. The number of carbonyl (C=O) groups is 1. The van der Waals surface area contributed by atoms with Gasteiger partial charge in [0, 0.05) is 20.7 Å². The molecule has 0 N–H and O–H groups in total. The largest absolute Gasteiger partial charge is 0.305 e. The molecule has 0 saturated heterocycles. The highest BCUT2D eigenvalue weighted by Crippen LogP contribution is 2.24. The summed E-state index contributed by atoms with van der Waals surface area (Å²) < 4.78 is 2.81. The lowest BCUT2D eigenvalue weighted by molar-refractivity contribution is 0.0998. The second kappa shape index (κ2) is 8.13. The molecule has 0 aliphatic carbocycles. The summed E-state index contributed by atoms with van der Waals surface area (Å²) in [4.78, 5) is 18.6. The molecule has 0 aliphatic rings. The van der Waals surface area contributed by atoms with Crippen molar-refractivity contribution in [2.45, 2.75) is 30.5 Å². The fraction of sp³-hybridized carbons (Fsp3) is 0.200. The van der Waals surface area contributed by atoms with Crippen molar-refractivity contribution in [1.82, 2.24) is 4.57 Å². The summed E-state index contributed by atoms with van der Waals surface area (Å²) in [5.74, 6) is 2.34. The number of amides is 1. The first kappa shape index (κ1) is 18.8. The fourth-order valence-electron chi connectivity index (χ4n) is 2.48. The average Bonchev–Trinajstić information content (AvgIpc) is 2.91. The van der Waals surface area contributed by atoms with Gasteiger partial charge in [-0.05, 0) is 42.5 Å². The maximum absolute atomic E-state index is 12.6. The third kappa shape index (κ3) is 4.21. The predicted octanol–water partition coefficient (Wildman–Crippen LogP) is 5.23. The molecule has 0 fully saturated rings. The highest BCUT2D eigenvalue weighted by molar-refractivity contribution is 7.99. The van der Waals surface area contributed by atoms with Gasteiger partial charge in [0.05, 0.1) is 16.8 Å². The molecular weight excluding hydrogens is 384 g/mol. The van der Waals surface area contributed by atoms with Crippen LogP contribution in [0.15, 0.2) is 52.4 Å². The van der Waals surface area contributed by atoms with Gasteiger partial charge in [-0.1, -0.05) is 42.7 Å². The Labute approximate surface area is 165 Å². The van der Waals surface area contributed by atoms with E-state index in [1.807, 2.05) is 41.0 Å². The monoisotopic (exact) mass is 400 g/mol. The molecule has 0 aliphatic heterocycles. The van der Waals surface area contributed by atoms with Crippen molar-refractivity contribution in [1.29, 1.82) is 0 Å². The van der Waals surface area contributed by atoms with Crippen molar-refractivity contribution in [3.63, 3.8) is 0 Å². The number of halogens is 1. The normalized spacial score (nSPS) is 11.9. The SMILES string of the molecule is C#CCn1c(=NC(=O)c2ccc(SC(C)C)cc2)sc2cc(Cl)ccc21. The molecule has 0 unspecified atom stereocenters. The molecule has 0 atom stereocenters. The lowest BCUT2D eigenvalue weighted by atomic mass is 10.2. The van der Waals surface area contributed by atoms with E-state index in [4.69, 9.17) is 18.0 Å². The van der Waals surface area contributed by atoms with Gasteiger partial charge < -0.3 is 4.57 Å². The Morgan fingerprint density at radius 1 is 1.31 bits per heavy atom. The highest BCUT2D eigenvalue weighted by atomic mass is 35.5. The zero-order valence-electron chi connectivity index (χ0n) is 14.4. The van der Waals surface area contributed by atoms with Gasteiger partial charge in [0.15, 0.2) is 4.80 Å². The molecule has 1 heterocycles. The first-order chi connectivity index (χ1) is 12.5. The van der Waals surface area contributed by atoms with Crippen molar-refractivity contribution in [3.8, 4) is 12.3 Å². The molecule has 0 saturated carbocycles. The van der Waals surface area contributed by atoms with Crippen LogP contribution in [-0.4, -0.2) is 15.7 Å². The number of benzene rings is 2. The molecule has 0 radical (unpaired) electrons. The van der Waals surface area contributed by atoms with Crippen LogP contribution < -0.4 is 4.80 Å². The topological polar surface area (TPSA) is 34.4 Å². The van der Waals surface area contributed by atoms with E-state index < -0.39 is 0 Å². The van der Waals surface area contributed by atoms with Gasteiger partial charge in [-0.3, -0.25) is 4.79 Å². The van der Waals surface area contributed by atoms with Crippen LogP contribution >= 0.6 is 34.7 Å². The third-order valence-electron chi connectivity index (χ3n) is 3.56. The van der Waals surface area contributed by atoms with E-state index >= 15 is 0 Å². The van der Waals surface area contributed by atoms with Crippen LogP contribution in [0.4, 0.5) is 0 Å². The van der Waals surface area contributed by atoms with Gasteiger partial charge >= 0.3 is 0 Å². The molecule has 2 aromatic carbocycles. The molecular formula is C20H17ClN2OS2. The van der Waals surface area contributed by atoms with Crippen molar-refractivity contribution in [3.05, 3.63) is 57.9 Å². The summed E-state index contributed by atoms with van der Waals surface area (Å²) in [5.41, 5.74) is 1.48. The number of hydrogen-bond acceptors (Lipinski definition) is 3.